The zero-order chi connectivity index (χ0) is 23.0. The molecule has 0 aromatic heterocycles. The van der Waals surface area contributed by atoms with Gasteiger partial charge >= 0.3 is 5.97 Å². The Morgan fingerprint density at radius 3 is 2.06 bits per heavy atom. The lowest BCUT2D eigenvalue weighted by molar-refractivity contribution is -0.169. The first-order valence-electron chi connectivity index (χ1n) is 9.78. The molecule has 0 N–H and O–H groups in total. The maximum atomic E-state index is 13.4. The smallest absolute Gasteiger partial charge is 0.331 e. The second-order valence-electron chi connectivity index (χ2n) is 7.58. The molecule has 4 rings (SSSR count). The van der Waals surface area contributed by atoms with E-state index in [4.69, 9.17) is 16.3 Å². The number of ketones is 3. The number of hydrogen-bond acceptors (Lipinski definition) is 7. The van der Waals surface area contributed by atoms with Crippen LogP contribution in [-0.2, 0) is 28.7 Å². The minimum atomic E-state index is -1.69. The molecule has 2 aromatic carbocycles. The van der Waals surface area contributed by atoms with Crippen molar-refractivity contribution in [3.63, 3.8) is 0 Å². The highest BCUT2D eigenvalue weighted by molar-refractivity contribution is 8.03. The van der Waals surface area contributed by atoms with Gasteiger partial charge in [0.15, 0.2) is 12.1 Å². The van der Waals surface area contributed by atoms with Crippen LogP contribution in [0.1, 0.15) is 24.2 Å². The number of nitrogens with zero attached hydrogens (tertiary/aromatic N) is 1. The van der Waals surface area contributed by atoms with Crippen molar-refractivity contribution in [3.8, 4) is 0 Å². The molecule has 0 bridgehead atoms. The van der Waals surface area contributed by atoms with Gasteiger partial charge in [-0.25, -0.2) is 4.79 Å². The van der Waals surface area contributed by atoms with Gasteiger partial charge in [0.1, 0.15) is 10.1 Å². The topological polar surface area (TPSA) is 97.8 Å². The molecule has 9 heteroatoms. The van der Waals surface area contributed by atoms with Crippen LogP contribution in [0.5, 0.6) is 0 Å². The van der Waals surface area contributed by atoms with E-state index in [0.717, 1.165) is 16.7 Å². The van der Waals surface area contributed by atoms with Crippen molar-refractivity contribution in [2.45, 2.75) is 29.2 Å². The van der Waals surface area contributed by atoms with Crippen LogP contribution < -0.4 is 0 Å². The Morgan fingerprint density at radius 1 is 1.03 bits per heavy atom. The van der Waals surface area contributed by atoms with E-state index in [1.807, 2.05) is 12.1 Å². The Hall–Kier alpha value is -2.97. The lowest BCUT2D eigenvalue weighted by atomic mass is 9.90. The molecule has 1 unspecified atom stereocenters. The average Bonchev–Trinajstić information content (AvgIpc) is 3.13. The Bertz CT molecular complexity index is 1070. The second-order valence-corrected chi connectivity index (χ2v) is 9.38. The molecule has 0 radical (unpaired) electrons. The fraction of sp³-hybridized carbons (Fsp3) is 0.261. The van der Waals surface area contributed by atoms with Crippen molar-refractivity contribution in [2.75, 3.05) is 5.88 Å². The van der Waals surface area contributed by atoms with Crippen LogP contribution >= 0.6 is 23.4 Å². The lowest BCUT2D eigenvalue weighted by Gasteiger charge is -2.36. The minimum Gasteiger partial charge on any atom is -0.451 e. The summed E-state index contributed by atoms with van der Waals surface area (Å²) in [7, 11) is 0. The number of benzene rings is 2. The highest BCUT2D eigenvalue weighted by Gasteiger charge is 2.69. The van der Waals surface area contributed by atoms with Crippen LogP contribution in [0.25, 0.3) is 0 Å². The normalized spacial score (nSPS) is 24.2. The number of β-lactam (4-membered cyclic amide) rings is 1. The molecule has 0 spiro atoms. The van der Waals surface area contributed by atoms with Crippen LogP contribution in [0, 0.1) is 0 Å². The summed E-state index contributed by atoms with van der Waals surface area (Å²) in [6, 6.07) is 16.6. The number of fused-ring (bicyclic) bond motifs is 1. The molecule has 2 heterocycles. The third-order valence-corrected chi connectivity index (χ3v) is 7.37. The number of thioether (sulfide) groups is 1. The van der Waals surface area contributed by atoms with Gasteiger partial charge in [0.2, 0.25) is 11.6 Å². The first kappa shape index (κ1) is 22.2. The lowest BCUT2D eigenvalue weighted by Crippen LogP contribution is -2.64. The van der Waals surface area contributed by atoms with Gasteiger partial charge in [-0.3, -0.25) is 19.2 Å². The Labute approximate surface area is 193 Å². The molecule has 0 aliphatic carbocycles. The summed E-state index contributed by atoms with van der Waals surface area (Å²) < 4.78 is 4.16. The number of Topliss-reactive ketones (excluding diaryl/α,β-unsaturated/α-hetero) is 3. The Morgan fingerprint density at radius 2 is 1.56 bits per heavy atom. The number of ether oxygens (including phenoxy) is 1. The summed E-state index contributed by atoms with van der Waals surface area (Å²) >= 11 is 6.37. The summed E-state index contributed by atoms with van der Waals surface area (Å²) in [5, 5.41) is -1.01. The quantitative estimate of drug-likeness (QED) is 0.264. The van der Waals surface area contributed by atoms with Crippen molar-refractivity contribution in [2.24, 2.45) is 0 Å². The average molecular weight is 472 g/mol. The molecule has 2 fully saturated rings. The van der Waals surface area contributed by atoms with E-state index in [9.17, 15) is 24.0 Å². The highest BCUT2D eigenvalue weighted by atomic mass is 35.5. The SMILES string of the molecule is C[C@@]1(C(=O)C(=O)CCl)SC2C(=O)C(=O)N2[C@H]1C(=O)OC(c1ccccc1)c1ccccc1. The van der Waals surface area contributed by atoms with Gasteiger partial charge in [-0.15, -0.1) is 23.4 Å². The van der Waals surface area contributed by atoms with Crippen LogP contribution in [-0.4, -0.2) is 56.2 Å². The van der Waals surface area contributed by atoms with Crippen LogP contribution in [0.4, 0.5) is 0 Å². The van der Waals surface area contributed by atoms with E-state index in [0.29, 0.717) is 11.1 Å². The zero-order valence-corrected chi connectivity index (χ0v) is 18.5. The van der Waals surface area contributed by atoms with E-state index < -0.39 is 57.4 Å². The van der Waals surface area contributed by atoms with Crippen molar-refractivity contribution >= 4 is 52.6 Å². The molecule has 2 aromatic rings. The van der Waals surface area contributed by atoms with E-state index in [1.54, 1.807) is 48.5 Å². The predicted octanol–water partition coefficient (Wildman–Crippen LogP) is 2.31. The molecule has 7 nitrogen and oxygen atoms in total. The highest BCUT2D eigenvalue weighted by Crippen LogP contribution is 2.51. The van der Waals surface area contributed by atoms with Crippen LogP contribution in [0.15, 0.2) is 60.7 Å². The molecule has 2 aliphatic heterocycles. The van der Waals surface area contributed by atoms with E-state index in [1.165, 1.54) is 6.92 Å². The maximum Gasteiger partial charge on any atom is 0.331 e. The number of hydrogen-bond donors (Lipinski definition) is 0. The summed E-state index contributed by atoms with van der Waals surface area (Å²) in [6.45, 7) is 1.37. The van der Waals surface area contributed by atoms with E-state index in [-0.39, 0.29) is 0 Å². The molecule has 164 valence electrons. The van der Waals surface area contributed by atoms with Crippen molar-refractivity contribution in [1.29, 1.82) is 0 Å². The van der Waals surface area contributed by atoms with Crippen LogP contribution in [0.3, 0.4) is 0 Å². The fourth-order valence-electron chi connectivity index (χ4n) is 3.94. The van der Waals surface area contributed by atoms with Gasteiger partial charge in [-0.2, -0.15) is 0 Å². The van der Waals surface area contributed by atoms with Crippen molar-refractivity contribution in [1.82, 2.24) is 4.90 Å². The van der Waals surface area contributed by atoms with Gasteiger partial charge in [-0.1, -0.05) is 60.7 Å². The Kier molecular flexibility index (Phi) is 5.92. The summed E-state index contributed by atoms with van der Waals surface area (Å²) in [4.78, 5) is 63.7. The second kappa shape index (κ2) is 8.52. The van der Waals surface area contributed by atoms with Gasteiger partial charge in [0.25, 0.3) is 11.7 Å². The third kappa shape index (κ3) is 3.53. The summed E-state index contributed by atoms with van der Waals surface area (Å²) in [5.41, 5.74) is 1.37. The monoisotopic (exact) mass is 471 g/mol. The number of carbonyl (C=O) groups is 5. The predicted molar refractivity (Wildman–Crippen MR) is 117 cm³/mol. The molecular weight excluding hydrogens is 454 g/mol. The van der Waals surface area contributed by atoms with Gasteiger partial charge in [0.05, 0.1) is 5.88 Å². The molecule has 3 atom stereocenters. The summed E-state index contributed by atoms with van der Waals surface area (Å²) in [5.74, 6) is -4.87. The third-order valence-electron chi connectivity index (χ3n) is 5.57. The standard InChI is InChI=1S/C23H18ClNO6S/c1-23(19(28)15(26)12-24)18(25-20(29)16(27)21(25)32-23)22(30)31-17(13-8-4-2-5-9-13)14-10-6-3-7-11-14/h2-11,17-18,21H,12H2,1H3/t18-,21?,23+/m0/s1. The number of rotatable bonds is 7. The van der Waals surface area contributed by atoms with Crippen LogP contribution in [0.2, 0.25) is 0 Å². The van der Waals surface area contributed by atoms with Gasteiger partial charge in [0, 0.05) is 0 Å². The number of carbonyl (C=O) groups excluding carboxylic acids is 5. The number of amides is 1. The number of halogens is 1. The molecule has 0 saturated carbocycles. The fourth-order valence-corrected chi connectivity index (χ4v) is 5.63. The molecular formula is C23H18ClNO6S. The largest absolute Gasteiger partial charge is 0.451 e. The molecule has 2 aliphatic rings. The molecule has 2 saturated heterocycles. The Balaban J connectivity index is 1.71. The zero-order valence-electron chi connectivity index (χ0n) is 16.9. The summed E-state index contributed by atoms with van der Waals surface area (Å²) in [6.07, 6.45) is -0.816. The van der Waals surface area contributed by atoms with Crippen molar-refractivity contribution < 1.29 is 28.7 Å². The minimum absolute atomic E-state index is 0.569. The van der Waals surface area contributed by atoms with Gasteiger partial charge < -0.3 is 9.64 Å². The number of esters is 1. The first-order valence-corrected chi connectivity index (χ1v) is 11.2. The van der Waals surface area contributed by atoms with E-state index >= 15 is 0 Å². The first-order chi connectivity index (χ1) is 15.3. The van der Waals surface area contributed by atoms with E-state index in [2.05, 4.69) is 0 Å². The molecule has 32 heavy (non-hydrogen) atoms. The maximum absolute atomic E-state index is 13.4. The number of alkyl halides is 1. The molecule has 1 amide bonds. The van der Waals surface area contributed by atoms with Gasteiger partial charge in [-0.05, 0) is 18.1 Å². The van der Waals surface area contributed by atoms with Crippen molar-refractivity contribution in [3.05, 3.63) is 71.8 Å².